The Morgan fingerprint density at radius 3 is 1.40 bits per heavy atom. The van der Waals surface area contributed by atoms with Gasteiger partial charge in [0.2, 0.25) is 0 Å². The summed E-state index contributed by atoms with van der Waals surface area (Å²) < 4.78 is 75.7. The molecule has 0 aliphatic carbocycles. The Bertz CT molecular complexity index is 1690. The molecule has 7 rings (SSSR count). The van der Waals surface area contributed by atoms with Crippen LogP contribution in [0, 0.1) is 0 Å². The van der Waals surface area contributed by atoms with Crippen LogP contribution in [0.25, 0.3) is 0 Å². The van der Waals surface area contributed by atoms with Gasteiger partial charge in [0.25, 0.3) is 0 Å². The van der Waals surface area contributed by atoms with E-state index >= 15 is 0 Å². The van der Waals surface area contributed by atoms with E-state index in [1.54, 1.807) is 0 Å². The van der Waals surface area contributed by atoms with Crippen LogP contribution >= 0.6 is 0 Å². The number of hydrogen-bond donors (Lipinski definition) is 20. The highest BCUT2D eigenvalue weighted by Gasteiger charge is 2.59. The minimum Gasteiger partial charge on any atom is -0.394 e. The van der Waals surface area contributed by atoms with Crippen LogP contribution in [-0.2, 0) is 61.6 Å². The smallest absolute Gasteiger partial charge is 0.187 e. The lowest BCUT2D eigenvalue weighted by molar-refractivity contribution is -0.416. The summed E-state index contributed by atoms with van der Waals surface area (Å²) in [5.74, 6) is 0. The molecule has 0 spiro atoms. The van der Waals surface area contributed by atoms with Gasteiger partial charge >= 0.3 is 0 Å². The molecular weight excluding hydrogens is 1010 g/mol. The van der Waals surface area contributed by atoms with E-state index in [0.29, 0.717) is 0 Å². The van der Waals surface area contributed by atoms with E-state index in [0.717, 1.165) is 0 Å². The predicted molar refractivity (Wildman–Crippen MR) is 218 cm³/mol. The van der Waals surface area contributed by atoms with Gasteiger partial charge in [0.15, 0.2) is 44.0 Å². The molecule has 0 aromatic heterocycles. The summed E-state index contributed by atoms with van der Waals surface area (Å²) in [7, 11) is 0. The molecule has 73 heavy (non-hydrogen) atoms. The summed E-state index contributed by atoms with van der Waals surface area (Å²) in [6.45, 7) is -4.06. The molecule has 0 bridgehead atoms. The summed E-state index contributed by atoms with van der Waals surface area (Å²) >= 11 is 0. The number of rotatable bonds is 16. The first-order valence-electron chi connectivity index (χ1n) is 23.3. The number of aliphatic hydroxyl groups is 20. The van der Waals surface area contributed by atoms with Crippen molar-refractivity contribution in [3.05, 3.63) is 0 Å². The fourth-order valence-corrected chi connectivity index (χ4v) is 9.27. The topological polar surface area (TPSA) is 525 Å². The molecule has 33 heteroatoms. The summed E-state index contributed by atoms with van der Waals surface area (Å²) in [4.78, 5) is 0. The number of hydrogen-bond acceptors (Lipinski definition) is 33. The van der Waals surface area contributed by atoms with Crippen LogP contribution in [0.2, 0.25) is 0 Å². The molecule has 7 aliphatic rings. The Hall–Kier alpha value is -1.32. The van der Waals surface area contributed by atoms with E-state index in [2.05, 4.69) is 0 Å². The second-order valence-corrected chi connectivity index (χ2v) is 18.7. The molecule has 20 N–H and O–H groups in total. The monoisotopic (exact) mass is 1080 g/mol. The van der Waals surface area contributed by atoms with Gasteiger partial charge in [-0.2, -0.15) is 0 Å². The van der Waals surface area contributed by atoms with Crippen molar-refractivity contribution >= 4 is 0 Å². The average Bonchev–Trinajstić information content (AvgIpc) is 3.37. The first-order valence-corrected chi connectivity index (χ1v) is 23.3. The Kier molecular flexibility index (Phi) is 20.5. The molecule has 33 atom stereocenters. The SMILES string of the molecule is CC1OC(OC2C(O)OC(COC3OCC(O)C(O)C3O)C(OC3OC(CO)C(O)C(OC4OC(CO)C(O)C(O)C4O)C3OC3OC(CO)C(O)C(O)C3O)C2OC2COC(O)C(O)C2O)C(O)C(O)C1O. The Labute approximate surface area is 412 Å². The minimum atomic E-state index is -2.31. The molecule has 426 valence electrons. The van der Waals surface area contributed by atoms with Gasteiger partial charge in [0, 0.05) is 0 Å². The maximum atomic E-state index is 11.8. The zero-order valence-electron chi connectivity index (χ0n) is 38.5. The van der Waals surface area contributed by atoms with Crippen molar-refractivity contribution in [2.45, 2.75) is 210 Å². The molecule has 7 heterocycles. The van der Waals surface area contributed by atoms with Gasteiger partial charge in [-0.3, -0.25) is 0 Å². The highest BCUT2D eigenvalue weighted by atomic mass is 16.8. The van der Waals surface area contributed by atoms with E-state index < -0.39 is 242 Å². The van der Waals surface area contributed by atoms with Crippen molar-refractivity contribution in [3.63, 3.8) is 0 Å². The predicted octanol–water partition coefficient (Wildman–Crippen LogP) is -14.0. The van der Waals surface area contributed by atoms with Crippen molar-refractivity contribution < 1.29 is 164 Å². The molecule has 33 nitrogen and oxygen atoms in total. The van der Waals surface area contributed by atoms with Crippen molar-refractivity contribution in [2.75, 3.05) is 39.6 Å². The van der Waals surface area contributed by atoms with Gasteiger partial charge in [-0.05, 0) is 6.92 Å². The van der Waals surface area contributed by atoms with E-state index in [4.69, 9.17) is 61.6 Å². The van der Waals surface area contributed by atoms with Gasteiger partial charge in [-0.25, -0.2) is 0 Å². The van der Waals surface area contributed by atoms with Crippen LogP contribution in [0.3, 0.4) is 0 Å². The van der Waals surface area contributed by atoms with Crippen LogP contribution in [-0.4, -0.2) is 345 Å². The van der Waals surface area contributed by atoms with Gasteiger partial charge in [0.1, 0.15) is 153 Å². The van der Waals surface area contributed by atoms with Crippen molar-refractivity contribution in [2.24, 2.45) is 0 Å². The van der Waals surface area contributed by atoms with Gasteiger partial charge < -0.3 is 164 Å². The second-order valence-electron chi connectivity index (χ2n) is 18.7. The average molecular weight is 1080 g/mol. The molecule has 7 saturated heterocycles. The Morgan fingerprint density at radius 2 is 0.822 bits per heavy atom. The zero-order valence-corrected chi connectivity index (χ0v) is 38.5. The first kappa shape index (κ1) is 59.3. The number of ether oxygens (including phenoxy) is 13. The van der Waals surface area contributed by atoms with Gasteiger partial charge in [-0.15, -0.1) is 0 Å². The largest absolute Gasteiger partial charge is 0.394 e. The molecule has 0 radical (unpaired) electrons. The number of aliphatic hydroxyl groups excluding tert-OH is 20. The fraction of sp³-hybridized carbons (Fsp3) is 1.00. The van der Waals surface area contributed by atoms with Crippen LogP contribution < -0.4 is 0 Å². The summed E-state index contributed by atoms with van der Waals surface area (Å²) in [6.07, 6.45) is -65.1. The molecule has 7 fully saturated rings. The third kappa shape index (κ3) is 12.4. The Morgan fingerprint density at radius 1 is 0.342 bits per heavy atom. The van der Waals surface area contributed by atoms with E-state index in [-0.39, 0.29) is 0 Å². The van der Waals surface area contributed by atoms with E-state index in [1.165, 1.54) is 6.92 Å². The van der Waals surface area contributed by atoms with Gasteiger partial charge in [0.05, 0.1) is 45.7 Å². The minimum absolute atomic E-state index is 0.581. The Balaban J connectivity index is 1.32. The van der Waals surface area contributed by atoms with Crippen molar-refractivity contribution in [1.82, 2.24) is 0 Å². The van der Waals surface area contributed by atoms with E-state index in [9.17, 15) is 102 Å². The second kappa shape index (κ2) is 25.2. The van der Waals surface area contributed by atoms with Crippen molar-refractivity contribution in [3.8, 4) is 0 Å². The first-order chi connectivity index (χ1) is 34.5. The van der Waals surface area contributed by atoms with Gasteiger partial charge in [-0.1, -0.05) is 0 Å². The molecule has 0 aromatic rings. The summed E-state index contributed by atoms with van der Waals surface area (Å²) in [6, 6.07) is 0. The quantitative estimate of drug-likeness (QED) is 0.0682. The van der Waals surface area contributed by atoms with Crippen LogP contribution in [0.4, 0.5) is 0 Å². The highest BCUT2D eigenvalue weighted by Crippen LogP contribution is 2.39. The molecule has 0 aromatic carbocycles. The fourth-order valence-electron chi connectivity index (χ4n) is 9.27. The van der Waals surface area contributed by atoms with Crippen LogP contribution in [0.15, 0.2) is 0 Å². The molecule has 33 unspecified atom stereocenters. The third-order valence-corrected chi connectivity index (χ3v) is 13.7. The lowest BCUT2D eigenvalue weighted by atomic mass is 9.94. The normalized spacial score (nSPS) is 54.3. The molecule has 7 aliphatic heterocycles. The zero-order chi connectivity index (χ0) is 53.5. The molecule has 0 saturated carbocycles. The highest BCUT2D eigenvalue weighted by molar-refractivity contribution is 5.01. The maximum Gasteiger partial charge on any atom is 0.187 e. The standard InChI is InChI=1S/C40H68O33/c1-8-15(45)21(51)26(56)37(64-8)72-32-31(65-13-6-61-34(59)24(54)19(13)49)29(14(66-35(32)60)7-63-36-25(55)16(46)9(44)5-62-36)70-40-33(73-39-28(58)23(53)18(48)11(3-42)68-39)30(20(50)12(4-43)69-40)71-38-27(57)22(52)17(47)10(2-41)67-38/h8-60H,2-7H2,1H3. The molecule has 0 amide bonds. The summed E-state index contributed by atoms with van der Waals surface area (Å²) in [5.41, 5.74) is 0. The lowest BCUT2D eigenvalue weighted by Gasteiger charge is -2.52. The van der Waals surface area contributed by atoms with Crippen LogP contribution in [0.1, 0.15) is 6.92 Å². The lowest BCUT2D eigenvalue weighted by Crippen LogP contribution is -2.70. The van der Waals surface area contributed by atoms with E-state index in [1.807, 2.05) is 0 Å². The molecular formula is C40H68O33. The van der Waals surface area contributed by atoms with Crippen LogP contribution in [0.5, 0.6) is 0 Å². The summed E-state index contributed by atoms with van der Waals surface area (Å²) in [5, 5.41) is 214. The maximum absolute atomic E-state index is 11.8. The third-order valence-electron chi connectivity index (χ3n) is 13.7. The van der Waals surface area contributed by atoms with Crippen molar-refractivity contribution in [1.29, 1.82) is 0 Å².